The molecule has 0 atom stereocenters. The average Bonchev–Trinajstić information content (AvgIpc) is 1.58. The van der Waals surface area contributed by atoms with Gasteiger partial charge in [-0.2, -0.15) is 0 Å². The van der Waals surface area contributed by atoms with Crippen molar-refractivity contribution in [3.05, 3.63) is 226 Å². The fraction of sp³-hybridized carbons (Fsp3) is 0.318. The van der Waals surface area contributed by atoms with Crippen LogP contribution in [0.3, 0.4) is 0 Å². The largest absolute Gasteiger partial charge is 0.493 e. The van der Waals surface area contributed by atoms with Crippen molar-refractivity contribution in [2.75, 3.05) is 13.2 Å². The minimum absolute atomic E-state index is 0.0399. The molecule has 12 rings (SSSR count). The van der Waals surface area contributed by atoms with Crippen LogP contribution in [0.2, 0.25) is 0 Å². The number of nitrogens with zero attached hydrogens (tertiary/aromatic N) is 2. The Hall–Kier alpha value is -8.96. The monoisotopic (exact) mass is 1210 g/mol. The van der Waals surface area contributed by atoms with E-state index in [4.69, 9.17) is 9.47 Å². The van der Waals surface area contributed by atoms with Gasteiger partial charge in [0.25, 0.3) is 0 Å². The highest BCUT2D eigenvalue weighted by atomic mass is 16.5. The Morgan fingerprint density at radius 3 is 0.902 bits per heavy atom. The molecule has 466 valence electrons. The first kappa shape index (κ1) is 63.2. The summed E-state index contributed by atoms with van der Waals surface area (Å²) in [5, 5.41) is 9.53. The number of fused-ring (bicyclic) bond motifs is 8. The van der Waals surface area contributed by atoms with Crippen molar-refractivity contribution >= 4 is 65.2 Å². The van der Waals surface area contributed by atoms with Gasteiger partial charge in [-0.3, -0.25) is 0 Å². The number of hydrogen-bond acceptors (Lipinski definition) is 2. The molecule has 0 aliphatic rings. The van der Waals surface area contributed by atoms with Crippen molar-refractivity contribution in [3.8, 4) is 57.7 Å². The SMILES string of the molecule is CCCCCCOc1ccc2cc(C#Cc3ccc(-n4c5ccc(C(C)(C)C)cc5c5cc(C(C)(C)C)ccc54)cc3)ccc2c1-c1c(OCCCCCC)ccc2cc(C#Cc3ccc(-n4c5ccc(C(C)(C)C)cc5c5cc(C(C)(C)C)ccc54)cc3)ccc12. The van der Waals surface area contributed by atoms with Crippen LogP contribution in [0.15, 0.2) is 182 Å². The third-order valence-electron chi connectivity index (χ3n) is 18.7. The second-order valence-electron chi connectivity index (χ2n) is 29.8. The van der Waals surface area contributed by atoms with E-state index in [0.717, 1.165) is 103 Å². The van der Waals surface area contributed by atoms with Crippen molar-refractivity contribution < 1.29 is 9.47 Å². The van der Waals surface area contributed by atoms with Gasteiger partial charge in [-0.15, -0.1) is 0 Å². The fourth-order valence-corrected chi connectivity index (χ4v) is 13.1. The summed E-state index contributed by atoms with van der Waals surface area (Å²) >= 11 is 0. The normalized spacial score (nSPS) is 12.3. The number of aromatic nitrogens is 2. The molecule has 10 aromatic carbocycles. The molecule has 0 amide bonds. The molecule has 0 aliphatic carbocycles. The Kier molecular flexibility index (Phi) is 17.6. The van der Waals surface area contributed by atoms with Gasteiger partial charge in [0.2, 0.25) is 0 Å². The molecule has 92 heavy (non-hydrogen) atoms. The zero-order valence-corrected chi connectivity index (χ0v) is 57.1. The van der Waals surface area contributed by atoms with Crippen molar-refractivity contribution in [2.45, 2.75) is 170 Å². The Balaban J connectivity index is 0.882. The molecule has 4 nitrogen and oxygen atoms in total. The first-order chi connectivity index (χ1) is 44.0. The smallest absolute Gasteiger partial charge is 0.127 e. The summed E-state index contributed by atoms with van der Waals surface area (Å²) in [6.07, 6.45) is 8.98. The molecule has 4 heteroatoms. The van der Waals surface area contributed by atoms with Gasteiger partial charge < -0.3 is 18.6 Å². The number of ether oxygens (including phenoxy) is 2. The van der Waals surface area contributed by atoms with Crippen molar-refractivity contribution in [3.63, 3.8) is 0 Å². The summed E-state index contributed by atoms with van der Waals surface area (Å²) in [6.45, 7) is 33.3. The quantitative estimate of drug-likeness (QED) is 0.0756. The van der Waals surface area contributed by atoms with Crippen molar-refractivity contribution in [1.29, 1.82) is 0 Å². The predicted octanol–water partition coefficient (Wildman–Crippen LogP) is 23.8. The highest BCUT2D eigenvalue weighted by Crippen LogP contribution is 2.47. The lowest BCUT2D eigenvalue weighted by atomic mass is 9.85. The van der Waals surface area contributed by atoms with E-state index in [9.17, 15) is 0 Å². The van der Waals surface area contributed by atoms with Gasteiger partial charge in [0.05, 0.1) is 35.3 Å². The Morgan fingerprint density at radius 2 is 0.598 bits per heavy atom. The Morgan fingerprint density at radius 1 is 0.293 bits per heavy atom. The fourth-order valence-electron chi connectivity index (χ4n) is 13.1. The Labute approximate surface area is 548 Å². The zero-order valence-electron chi connectivity index (χ0n) is 57.1. The zero-order chi connectivity index (χ0) is 64.7. The maximum Gasteiger partial charge on any atom is 0.127 e. The van der Waals surface area contributed by atoms with E-state index in [0.29, 0.717) is 13.2 Å². The number of unbranched alkanes of at least 4 members (excludes halogenated alkanes) is 6. The first-order valence-corrected chi connectivity index (χ1v) is 33.9. The summed E-state index contributed by atoms with van der Waals surface area (Å²) in [5.74, 6) is 15.9. The van der Waals surface area contributed by atoms with Crippen molar-refractivity contribution in [1.82, 2.24) is 9.13 Å². The van der Waals surface area contributed by atoms with Crippen molar-refractivity contribution in [2.24, 2.45) is 0 Å². The number of benzene rings is 10. The number of rotatable bonds is 15. The van der Waals surface area contributed by atoms with Crippen LogP contribution in [0.25, 0.3) is 87.7 Å². The van der Waals surface area contributed by atoms with Crippen LogP contribution in [0, 0.1) is 23.7 Å². The molecule has 0 N–H and O–H groups in total. The number of hydrogen-bond donors (Lipinski definition) is 0. The molecule has 0 saturated carbocycles. The van der Waals surface area contributed by atoms with E-state index >= 15 is 0 Å². The topological polar surface area (TPSA) is 28.3 Å². The molecule has 0 spiro atoms. The summed E-state index contributed by atoms with van der Waals surface area (Å²) in [4.78, 5) is 0. The molecule has 0 saturated heterocycles. The highest BCUT2D eigenvalue weighted by molar-refractivity contribution is 6.12. The lowest BCUT2D eigenvalue weighted by Crippen LogP contribution is -2.10. The van der Waals surface area contributed by atoms with Crippen LogP contribution in [0.4, 0.5) is 0 Å². The molecular weight excluding hydrogens is 1120 g/mol. The van der Waals surface area contributed by atoms with E-state index in [1.807, 2.05) is 0 Å². The second kappa shape index (κ2) is 25.6. The van der Waals surface area contributed by atoms with Gasteiger partial charge in [0.1, 0.15) is 11.5 Å². The molecule has 0 aliphatic heterocycles. The van der Waals surface area contributed by atoms with Gasteiger partial charge in [-0.25, -0.2) is 0 Å². The summed E-state index contributed by atoms with van der Waals surface area (Å²) in [6, 6.07) is 67.5. The maximum absolute atomic E-state index is 6.87. The Bertz CT molecular complexity index is 4400. The molecular formula is C88H92N2O2. The van der Waals surface area contributed by atoms with Gasteiger partial charge in [-0.1, -0.05) is 208 Å². The van der Waals surface area contributed by atoms with Gasteiger partial charge in [-0.05, 0) is 212 Å². The molecule has 0 fully saturated rings. The highest BCUT2D eigenvalue weighted by Gasteiger charge is 2.25. The summed E-state index contributed by atoms with van der Waals surface area (Å²) < 4.78 is 18.6. The molecule has 0 bridgehead atoms. The molecule has 2 heterocycles. The van der Waals surface area contributed by atoms with Gasteiger partial charge >= 0.3 is 0 Å². The minimum atomic E-state index is 0.0399. The van der Waals surface area contributed by atoms with Crippen LogP contribution >= 0.6 is 0 Å². The molecule has 0 radical (unpaired) electrons. The summed E-state index contributed by atoms with van der Waals surface area (Å²) in [7, 11) is 0. The van der Waals surface area contributed by atoms with E-state index in [-0.39, 0.29) is 21.7 Å². The van der Waals surface area contributed by atoms with E-state index < -0.39 is 0 Å². The summed E-state index contributed by atoms with van der Waals surface area (Å²) in [5.41, 5.74) is 18.5. The van der Waals surface area contributed by atoms with Crippen LogP contribution in [-0.2, 0) is 21.7 Å². The average molecular weight is 1210 g/mol. The van der Waals surface area contributed by atoms with Gasteiger partial charge in [0, 0.05) is 66.3 Å². The molecule has 12 aromatic rings. The second-order valence-corrected chi connectivity index (χ2v) is 29.8. The van der Waals surface area contributed by atoms with Crippen LogP contribution < -0.4 is 9.47 Å². The van der Waals surface area contributed by atoms with E-state index in [1.165, 1.54) is 91.5 Å². The standard InChI is InChI=1S/C88H92N2O2/c1-15-17-19-21-51-91-81-49-33-63-53-61(25-23-59-27-39-69(40-28-59)89-77-45-35-65(85(3,4)5)55-73(77)74-56-66(86(6,7)8)36-46-78(74)89)31-43-71(63)83(81)84-72-44-32-62(54-64(72)34-50-82(84)92-52-22-20-18-16-2)26-24-60-29-41-70(42-30-60)90-79-47-37-67(87(9,10)11)57-75(79)76-58-68(88(12,13)14)38-48-80(76)90/h27-50,53-58H,15-22,51-52H2,1-14H3. The lowest BCUT2D eigenvalue weighted by molar-refractivity contribution is 0.302. The molecule has 2 aromatic heterocycles. The maximum atomic E-state index is 6.87. The van der Waals surface area contributed by atoms with Gasteiger partial charge in [0.15, 0.2) is 0 Å². The van der Waals surface area contributed by atoms with Crippen LogP contribution in [0.5, 0.6) is 11.5 Å². The van der Waals surface area contributed by atoms with E-state index in [1.54, 1.807) is 0 Å². The third-order valence-corrected chi connectivity index (χ3v) is 18.7. The predicted molar refractivity (Wildman–Crippen MR) is 394 cm³/mol. The third kappa shape index (κ3) is 13.1. The minimum Gasteiger partial charge on any atom is -0.493 e. The first-order valence-electron chi connectivity index (χ1n) is 33.9. The van der Waals surface area contributed by atoms with Crippen LogP contribution in [0.1, 0.15) is 193 Å². The van der Waals surface area contributed by atoms with Crippen LogP contribution in [-0.4, -0.2) is 22.3 Å². The van der Waals surface area contributed by atoms with E-state index in [2.05, 4.69) is 312 Å². The molecule has 0 unspecified atom stereocenters. The lowest BCUT2D eigenvalue weighted by Gasteiger charge is -2.20.